The van der Waals surface area contributed by atoms with Crippen molar-refractivity contribution in [3.63, 3.8) is 0 Å². The summed E-state index contributed by atoms with van der Waals surface area (Å²) in [7, 11) is 0. The lowest BCUT2D eigenvalue weighted by atomic mass is 10.2. The van der Waals surface area contributed by atoms with Crippen molar-refractivity contribution in [1.29, 1.82) is 0 Å². The van der Waals surface area contributed by atoms with Gasteiger partial charge in [0.05, 0.1) is 5.56 Å². The molecule has 0 aliphatic heterocycles. The first kappa shape index (κ1) is 25.3. The first-order valence-corrected chi connectivity index (χ1v) is 11.7. The third-order valence-corrected chi connectivity index (χ3v) is 5.79. The Balaban J connectivity index is 1.44. The van der Waals surface area contributed by atoms with Crippen LogP contribution in [-0.2, 0) is 16.1 Å². The average Bonchev–Trinajstić information content (AvgIpc) is 3.34. The fraction of sp³-hybridized carbons (Fsp3) is 0.231. The quantitative estimate of drug-likeness (QED) is 0.242. The van der Waals surface area contributed by atoms with Crippen molar-refractivity contribution in [3.05, 3.63) is 84.1 Å². The van der Waals surface area contributed by atoms with E-state index in [9.17, 15) is 14.4 Å². The van der Waals surface area contributed by atoms with Crippen LogP contribution >= 0.6 is 0 Å². The molecule has 1 aliphatic rings. The van der Waals surface area contributed by atoms with Gasteiger partial charge in [-0.2, -0.15) is 4.98 Å². The Hall–Kier alpha value is -4.80. The van der Waals surface area contributed by atoms with E-state index >= 15 is 0 Å². The second-order valence-electron chi connectivity index (χ2n) is 8.53. The number of anilines is 3. The molecule has 3 aromatic rings. The van der Waals surface area contributed by atoms with Crippen molar-refractivity contribution >= 4 is 35.2 Å². The minimum atomic E-state index is -0.805. The number of ether oxygens (including phenoxy) is 1. The fourth-order valence-electron chi connectivity index (χ4n) is 3.99. The van der Waals surface area contributed by atoms with Crippen LogP contribution in [0.4, 0.5) is 17.5 Å². The largest absolute Gasteiger partial charge is 0.457 e. The lowest BCUT2D eigenvalue weighted by Gasteiger charge is -2.15. The number of nitrogens with one attached hydrogen (secondary N) is 3. The van der Waals surface area contributed by atoms with Gasteiger partial charge in [-0.3, -0.25) is 9.59 Å². The summed E-state index contributed by atoms with van der Waals surface area (Å²) < 4.78 is 5.39. The van der Waals surface area contributed by atoms with Gasteiger partial charge in [-0.15, -0.1) is 10.2 Å². The van der Waals surface area contributed by atoms with Gasteiger partial charge >= 0.3 is 5.97 Å². The highest BCUT2D eigenvalue weighted by molar-refractivity contribution is 5.96. The van der Waals surface area contributed by atoms with Gasteiger partial charge in [0.25, 0.3) is 5.91 Å². The minimum absolute atomic E-state index is 0.00639. The zero-order valence-electron chi connectivity index (χ0n) is 20.0. The highest BCUT2D eigenvalue weighted by atomic mass is 16.5. The van der Waals surface area contributed by atoms with Gasteiger partial charge in [-0.1, -0.05) is 43.0 Å². The van der Waals surface area contributed by atoms with Crippen molar-refractivity contribution in [2.75, 3.05) is 10.6 Å². The summed E-state index contributed by atoms with van der Waals surface area (Å²) in [6, 6.07) is 16.0. The summed E-state index contributed by atoms with van der Waals surface area (Å²) in [4.78, 5) is 40.4. The first-order chi connectivity index (χ1) is 17.9. The third kappa shape index (κ3) is 6.88. The smallest absolute Gasteiger partial charge is 0.338 e. The molecule has 11 heteroatoms. The number of esters is 1. The van der Waals surface area contributed by atoms with Gasteiger partial charge in [0.1, 0.15) is 6.61 Å². The minimum Gasteiger partial charge on any atom is -0.457 e. The molecule has 0 saturated heterocycles. The zero-order chi connectivity index (χ0) is 26.2. The van der Waals surface area contributed by atoms with Crippen LogP contribution in [0.2, 0.25) is 0 Å². The number of amides is 2. The number of primary amides is 1. The van der Waals surface area contributed by atoms with Crippen LogP contribution in [0.25, 0.3) is 0 Å². The Kier molecular flexibility index (Phi) is 8.04. The maximum atomic E-state index is 12.6. The zero-order valence-corrected chi connectivity index (χ0v) is 20.0. The molecule has 4 rings (SSSR count). The molecular formula is C26H27N7O4. The van der Waals surface area contributed by atoms with E-state index in [1.54, 1.807) is 24.3 Å². The SMILES string of the molecule is C=CC(=O)NC1CC[C@@H](Nc2nnc(C(N)=O)c(Nc3cccc(C(=O)OCc4ccccc4)c3)n2)C1. The topological polar surface area (TPSA) is 161 Å². The molecule has 37 heavy (non-hydrogen) atoms. The second kappa shape index (κ2) is 11.8. The van der Waals surface area contributed by atoms with Crippen LogP contribution in [0.5, 0.6) is 0 Å². The Morgan fingerprint density at radius 1 is 1.05 bits per heavy atom. The molecule has 1 aromatic heterocycles. The summed E-state index contributed by atoms with van der Waals surface area (Å²) >= 11 is 0. The van der Waals surface area contributed by atoms with Crippen molar-refractivity contribution in [3.8, 4) is 0 Å². The number of hydrogen-bond donors (Lipinski definition) is 4. The maximum absolute atomic E-state index is 12.6. The molecular weight excluding hydrogens is 474 g/mol. The number of carbonyl (C=O) groups is 3. The van der Waals surface area contributed by atoms with Gasteiger partial charge in [-0.05, 0) is 49.1 Å². The van der Waals surface area contributed by atoms with E-state index in [0.717, 1.165) is 18.4 Å². The van der Waals surface area contributed by atoms with Gasteiger partial charge < -0.3 is 26.4 Å². The number of carbonyl (C=O) groups excluding carboxylic acids is 3. The molecule has 1 fully saturated rings. The fourth-order valence-corrected chi connectivity index (χ4v) is 3.99. The molecule has 2 atom stereocenters. The summed E-state index contributed by atoms with van der Waals surface area (Å²) in [5, 5.41) is 17.0. The predicted octanol–water partition coefficient (Wildman–Crippen LogP) is 2.71. The Morgan fingerprint density at radius 3 is 2.59 bits per heavy atom. The molecule has 1 unspecified atom stereocenters. The average molecular weight is 502 g/mol. The molecule has 190 valence electrons. The van der Waals surface area contributed by atoms with E-state index in [2.05, 4.69) is 37.7 Å². The predicted molar refractivity (Wildman–Crippen MR) is 137 cm³/mol. The third-order valence-electron chi connectivity index (χ3n) is 5.79. The summed E-state index contributed by atoms with van der Waals surface area (Å²) in [5.41, 5.74) is 7.00. The van der Waals surface area contributed by atoms with Crippen LogP contribution in [0.1, 0.15) is 45.7 Å². The Bertz CT molecular complexity index is 1300. The number of hydrogen-bond acceptors (Lipinski definition) is 9. The molecule has 0 radical (unpaired) electrons. The number of nitrogens with two attached hydrogens (primary N) is 1. The van der Waals surface area contributed by atoms with Gasteiger partial charge in [0.2, 0.25) is 11.9 Å². The van der Waals surface area contributed by atoms with Crippen molar-refractivity contribution in [2.24, 2.45) is 5.73 Å². The lowest BCUT2D eigenvalue weighted by Crippen LogP contribution is -2.32. The number of aromatic nitrogens is 3. The Labute approximate surface area is 213 Å². The van der Waals surface area contributed by atoms with Gasteiger partial charge in [0, 0.05) is 17.8 Å². The van der Waals surface area contributed by atoms with E-state index in [0.29, 0.717) is 17.7 Å². The van der Waals surface area contributed by atoms with E-state index in [-0.39, 0.29) is 42.1 Å². The molecule has 2 amide bonds. The van der Waals surface area contributed by atoms with Crippen molar-refractivity contribution < 1.29 is 19.1 Å². The number of nitrogens with zero attached hydrogens (tertiary/aromatic N) is 3. The highest BCUT2D eigenvalue weighted by Crippen LogP contribution is 2.24. The van der Waals surface area contributed by atoms with Gasteiger partial charge in [0.15, 0.2) is 11.5 Å². The second-order valence-corrected chi connectivity index (χ2v) is 8.53. The molecule has 1 aliphatic carbocycles. The molecule has 2 aromatic carbocycles. The molecule has 1 heterocycles. The molecule has 1 saturated carbocycles. The maximum Gasteiger partial charge on any atom is 0.338 e. The summed E-state index contributed by atoms with van der Waals surface area (Å²) in [6.45, 7) is 3.61. The first-order valence-electron chi connectivity index (χ1n) is 11.7. The van der Waals surface area contributed by atoms with Gasteiger partial charge in [-0.25, -0.2) is 4.79 Å². The van der Waals surface area contributed by atoms with Crippen molar-refractivity contribution in [1.82, 2.24) is 20.5 Å². The number of rotatable bonds is 10. The van der Waals surface area contributed by atoms with E-state index in [1.807, 2.05) is 30.3 Å². The van der Waals surface area contributed by atoms with Crippen LogP contribution in [-0.4, -0.2) is 45.0 Å². The highest BCUT2D eigenvalue weighted by Gasteiger charge is 2.26. The molecule has 11 nitrogen and oxygen atoms in total. The number of benzene rings is 2. The molecule has 0 bridgehead atoms. The lowest BCUT2D eigenvalue weighted by molar-refractivity contribution is -0.117. The van der Waals surface area contributed by atoms with Crippen molar-refractivity contribution in [2.45, 2.75) is 38.0 Å². The van der Waals surface area contributed by atoms with E-state index < -0.39 is 11.9 Å². The van der Waals surface area contributed by atoms with Crippen LogP contribution in [0, 0.1) is 0 Å². The summed E-state index contributed by atoms with van der Waals surface area (Å²) in [6.07, 6.45) is 3.50. The monoisotopic (exact) mass is 501 g/mol. The van der Waals surface area contributed by atoms with E-state index in [4.69, 9.17) is 10.5 Å². The van der Waals surface area contributed by atoms with Crippen LogP contribution < -0.4 is 21.7 Å². The van der Waals surface area contributed by atoms with E-state index in [1.165, 1.54) is 6.08 Å². The normalized spacial score (nSPS) is 16.4. The standard InChI is InChI=1S/C26H27N7O4/c1-2-21(34)28-19-11-12-20(14-19)30-26-31-24(22(23(27)35)32-33-26)29-18-10-6-9-17(13-18)25(36)37-15-16-7-4-3-5-8-16/h2-10,13,19-20H,1,11-12,14-15H2,(H2,27,35)(H,28,34)(H2,29,30,31,33)/t19?,20-/m1/s1. The molecule has 5 N–H and O–H groups in total. The van der Waals surface area contributed by atoms with Crippen LogP contribution in [0.3, 0.4) is 0 Å². The summed E-state index contributed by atoms with van der Waals surface area (Å²) in [5.74, 6) is -1.22. The van der Waals surface area contributed by atoms with Crippen LogP contribution in [0.15, 0.2) is 67.3 Å². The Morgan fingerprint density at radius 2 is 1.84 bits per heavy atom. The molecule has 0 spiro atoms.